The van der Waals surface area contributed by atoms with Gasteiger partial charge in [-0.1, -0.05) is 42.5 Å². The molecule has 1 aliphatic heterocycles. The van der Waals surface area contributed by atoms with Crippen molar-refractivity contribution in [3.63, 3.8) is 0 Å². The third-order valence-corrected chi connectivity index (χ3v) is 5.34. The first-order chi connectivity index (χ1) is 12.2. The number of nitrogens with zero attached hydrogens (tertiary/aromatic N) is 1. The Bertz CT molecular complexity index is 751. The minimum atomic E-state index is 0.0777. The highest BCUT2D eigenvalue weighted by Gasteiger charge is 2.31. The SMILES string of the molecule is C[C@@H](NCC1CN(CC2CC2)C(=O)CO1)c1cccc2ccccc12. The number of hydrogen-bond donors (Lipinski definition) is 1. The molecular weight excluding hydrogens is 312 g/mol. The minimum absolute atomic E-state index is 0.0777. The zero-order chi connectivity index (χ0) is 17.2. The molecule has 25 heavy (non-hydrogen) atoms. The number of nitrogens with one attached hydrogen (secondary N) is 1. The highest BCUT2D eigenvalue weighted by atomic mass is 16.5. The lowest BCUT2D eigenvalue weighted by Crippen LogP contribution is -2.50. The van der Waals surface area contributed by atoms with Gasteiger partial charge in [0.2, 0.25) is 5.91 Å². The first kappa shape index (κ1) is 16.6. The third kappa shape index (κ3) is 3.86. The van der Waals surface area contributed by atoms with E-state index in [0.29, 0.717) is 6.54 Å². The molecular formula is C21H26N2O2. The number of fused-ring (bicyclic) bond motifs is 1. The summed E-state index contributed by atoms with van der Waals surface area (Å²) >= 11 is 0. The van der Waals surface area contributed by atoms with Crippen molar-refractivity contribution in [2.24, 2.45) is 5.92 Å². The standard InChI is InChI=1S/C21H26N2O2/c1-15(19-8-4-6-17-5-2-3-7-20(17)19)22-11-18-13-23(12-16-9-10-16)21(24)14-25-18/h2-8,15-16,18,22H,9-14H2,1H3/t15-,18?/m1/s1. The van der Waals surface area contributed by atoms with Crippen LogP contribution in [0, 0.1) is 5.92 Å². The molecule has 0 spiro atoms. The van der Waals surface area contributed by atoms with Crippen LogP contribution in [0.3, 0.4) is 0 Å². The second-order valence-electron chi connectivity index (χ2n) is 7.37. The second-order valence-corrected chi connectivity index (χ2v) is 7.37. The maximum Gasteiger partial charge on any atom is 0.248 e. The molecule has 0 aromatic heterocycles. The van der Waals surface area contributed by atoms with Crippen molar-refractivity contribution >= 4 is 16.7 Å². The van der Waals surface area contributed by atoms with Gasteiger partial charge in [-0.2, -0.15) is 0 Å². The third-order valence-electron chi connectivity index (χ3n) is 5.34. The molecule has 2 atom stereocenters. The maximum absolute atomic E-state index is 12.0. The Morgan fingerprint density at radius 1 is 1.20 bits per heavy atom. The zero-order valence-corrected chi connectivity index (χ0v) is 14.8. The summed E-state index contributed by atoms with van der Waals surface area (Å²) in [5.41, 5.74) is 1.31. The van der Waals surface area contributed by atoms with Crippen molar-refractivity contribution in [2.45, 2.75) is 31.9 Å². The summed E-state index contributed by atoms with van der Waals surface area (Å²) in [6.45, 7) is 4.81. The van der Waals surface area contributed by atoms with E-state index >= 15 is 0 Å². The van der Waals surface area contributed by atoms with Crippen molar-refractivity contribution in [1.29, 1.82) is 0 Å². The van der Waals surface area contributed by atoms with E-state index in [2.05, 4.69) is 54.7 Å². The molecule has 2 aromatic rings. The number of ether oxygens (including phenoxy) is 1. The van der Waals surface area contributed by atoms with E-state index in [9.17, 15) is 4.79 Å². The fourth-order valence-corrected chi connectivity index (χ4v) is 3.64. The molecule has 132 valence electrons. The summed E-state index contributed by atoms with van der Waals surface area (Å²) < 4.78 is 5.74. The summed E-state index contributed by atoms with van der Waals surface area (Å²) in [4.78, 5) is 14.0. The van der Waals surface area contributed by atoms with Gasteiger partial charge in [0.05, 0.1) is 6.10 Å². The number of hydrogen-bond acceptors (Lipinski definition) is 3. The molecule has 2 aromatic carbocycles. The Balaban J connectivity index is 1.37. The topological polar surface area (TPSA) is 41.6 Å². The van der Waals surface area contributed by atoms with Gasteiger partial charge >= 0.3 is 0 Å². The summed E-state index contributed by atoms with van der Waals surface area (Å²) in [5.74, 6) is 0.871. The number of rotatable bonds is 6. The predicted molar refractivity (Wildman–Crippen MR) is 99.4 cm³/mol. The van der Waals surface area contributed by atoms with Crippen molar-refractivity contribution in [3.05, 3.63) is 48.0 Å². The lowest BCUT2D eigenvalue weighted by atomic mass is 9.99. The molecule has 1 aliphatic carbocycles. The lowest BCUT2D eigenvalue weighted by molar-refractivity contribution is -0.148. The average molecular weight is 338 g/mol. The quantitative estimate of drug-likeness (QED) is 0.880. The summed E-state index contributed by atoms with van der Waals surface area (Å²) in [5, 5.41) is 6.16. The molecule has 4 nitrogen and oxygen atoms in total. The molecule has 1 N–H and O–H groups in total. The minimum Gasteiger partial charge on any atom is -0.365 e. The molecule has 1 unspecified atom stereocenters. The van der Waals surface area contributed by atoms with Gasteiger partial charge < -0.3 is 15.0 Å². The number of carbonyl (C=O) groups is 1. The molecule has 1 heterocycles. The van der Waals surface area contributed by atoms with E-state index in [1.807, 2.05) is 4.90 Å². The Kier molecular flexibility index (Phi) is 4.73. The van der Waals surface area contributed by atoms with E-state index in [-0.39, 0.29) is 24.7 Å². The Morgan fingerprint density at radius 3 is 2.84 bits per heavy atom. The van der Waals surface area contributed by atoms with Crippen LogP contribution in [-0.4, -0.2) is 43.2 Å². The first-order valence-corrected chi connectivity index (χ1v) is 9.31. The molecule has 2 fully saturated rings. The average Bonchev–Trinajstić information content (AvgIpc) is 3.45. The second kappa shape index (κ2) is 7.14. The predicted octanol–water partition coefficient (Wildman–Crippen LogP) is 3.13. The lowest BCUT2D eigenvalue weighted by Gasteiger charge is -2.33. The van der Waals surface area contributed by atoms with E-state index in [4.69, 9.17) is 4.74 Å². The van der Waals surface area contributed by atoms with Gasteiger partial charge in [-0.15, -0.1) is 0 Å². The van der Waals surface area contributed by atoms with Crippen LogP contribution in [0.2, 0.25) is 0 Å². The Hall–Kier alpha value is -1.91. The fraction of sp³-hybridized carbons (Fsp3) is 0.476. The molecule has 4 rings (SSSR count). The van der Waals surface area contributed by atoms with Crippen LogP contribution in [0.1, 0.15) is 31.4 Å². The van der Waals surface area contributed by atoms with Crippen LogP contribution in [0.5, 0.6) is 0 Å². The highest BCUT2D eigenvalue weighted by molar-refractivity contribution is 5.86. The Morgan fingerprint density at radius 2 is 2.00 bits per heavy atom. The van der Waals surface area contributed by atoms with Crippen LogP contribution < -0.4 is 5.32 Å². The smallest absolute Gasteiger partial charge is 0.248 e. The number of carbonyl (C=O) groups excluding carboxylic acids is 1. The van der Waals surface area contributed by atoms with Crippen LogP contribution in [0.15, 0.2) is 42.5 Å². The van der Waals surface area contributed by atoms with Gasteiger partial charge in [0.1, 0.15) is 6.61 Å². The highest BCUT2D eigenvalue weighted by Crippen LogP contribution is 2.30. The molecule has 4 heteroatoms. The zero-order valence-electron chi connectivity index (χ0n) is 14.8. The molecule has 0 radical (unpaired) electrons. The van der Waals surface area contributed by atoms with Gasteiger partial charge in [0.25, 0.3) is 0 Å². The van der Waals surface area contributed by atoms with Crippen molar-refractivity contribution in [2.75, 3.05) is 26.2 Å². The normalized spacial score (nSPS) is 22.4. The van der Waals surface area contributed by atoms with Gasteiger partial charge in [-0.3, -0.25) is 4.79 Å². The molecule has 1 saturated carbocycles. The number of benzene rings is 2. The Labute approximate surface area is 149 Å². The first-order valence-electron chi connectivity index (χ1n) is 9.31. The van der Waals surface area contributed by atoms with E-state index in [0.717, 1.165) is 19.0 Å². The molecule has 0 bridgehead atoms. The van der Waals surface area contributed by atoms with Crippen molar-refractivity contribution < 1.29 is 9.53 Å². The summed E-state index contributed by atoms with van der Waals surface area (Å²) in [7, 11) is 0. The van der Waals surface area contributed by atoms with Crippen LogP contribution in [0.4, 0.5) is 0 Å². The van der Waals surface area contributed by atoms with Crippen LogP contribution in [0.25, 0.3) is 10.8 Å². The summed E-state index contributed by atoms with van der Waals surface area (Å²) in [6.07, 6.45) is 2.62. The van der Waals surface area contributed by atoms with Crippen LogP contribution >= 0.6 is 0 Å². The molecule has 2 aliphatic rings. The maximum atomic E-state index is 12.0. The van der Waals surface area contributed by atoms with Crippen LogP contribution in [-0.2, 0) is 9.53 Å². The van der Waals surface area contributed by atoms with Crippen molar-refractivity contribution in [1.82, 2.24) is 10.2 Å². The van der Waals surface area contributed by atoms with Gasteiger partial charge in [-0.25, -0.2) is 0 Å². The fourth-order valence-electron chi connectivity index (χ4n) is 3.64. The number of amides is 1. The van der Waals surface area contributed by atoms with Gasteiger partial charge in [-0.05, 0) is 42.0 Å². The molecule has 1 saturated heterocycles. The summed E-state index contributed by atoms with van der Waals surface area (Å²) in [6, 6.07) is 15.2. The molecule has 1 amide bonds. The van der Waals surface area contributed by atoms with Gasteiger partial charge in [0, 0.05) is 25.7 Å². The van der Waals surface area contributed by atoms with Gasteiger partial charge in [0.15, 0.2) is 0 Å². The van der Waals surface area contributed by atoms with E-state index in [1.54, 1.807) is 0 Å². The largest absolute Gasteiger partial charge is 0.365 e. The van der Waals surface area contributed by atoms with E-state index < -0.39 is 0 Å². The monoisotopic (exact) mass is 338 g/mol. The van der Waals surface area contributed by atoms with E-state index in [1.165, 1.54) is 29.2 Å². The number of morpholine rings is 1. The van der Waals surface area contributed by atoms with Crippen molar-refractivity contribution in [3.8, 4) is 0 Å².